The van der Waals surface area contributed by atoms with Crippen LogP contribution in [-0.4, -0.2) is 29.7 Å². The van der Waals surface area contributed by atoms with Crippen LogP contribution >= 0.6 is 11.8 Å². The van der Waals surface area contributed by atoms with Crippen molar-refractivity contribution in [3.63, 3.8) is 0 Å². The summed E-state index contributed by atoms with van der Waals surface area (Å²) in [5, 5.41) is 0.947. The van der Waals surface area contributed by atoms with Crippen molar-refractivity contribution in [2.45, 2.75) is 6.04 Å². The molecule has 2 aromatic rings. The van der Waals surface area contributed by atoms with Crippen LogP contribution in [0.5, 0.6) is 5.75 Å². The Bertz CT molecular complexity index is 665. The largest absolute Gasteiger partial charge is 0.497 e. The molecule has 1 atom stereocenters. The zero-order valence-electron chi connectivity index (χ0n) is 11.7. The van der Waals surface area contributed by atoms with Crippen molar-refractivity contribution in [2.75, 3.05) is 12.9 Å². The van der Waals surface area contributed by atoms with E-state index >= 15 is 0 Å². The molecule has 0 N–H and O–H groups in total. The van der Waals surface area contributed by atoms with Crippen LogP contribution in [-0.2, 0) is 0 Å². The van der Waals surface area contributed by atoms with Crippen LogP contribution in [0.25, 0.3) is 0 Å². The third kappa shape index (κ3) is 3.00. The van der Waals surface area contributed by atoms with Crippen LogP contribution in [0.3, 0.4) is 0 Å². The fourth-order valence-electron chi connectivity index (χ4n) is 2.19. The van der Waals surface area contributed by atoms with E-state index in [0.29, 0.717) is 11.3 Å². The number of Topliss-reactive ketones (excluding diaryl/α,β-unsaturated/α-hetero) is 1. The van der Waals surface area contributed by atoms with E-state index in [0.717, 1.165) is 16.4 Å². The highest BCUT2D eigenvalue weighted by molar-refractivity contribution is 8.14. The first-order chi connectivity index (χ1) is 10.3. The summed E-state index contributed by atoms with van der Waals surface area (Å²) in [6, 6.07) is 16.9. The normalized spacial score (nSPS) is 17.4. The Morgan fingerprint density at radius 2 is 1.86 bits per heavy atom. The van der Waals surface area contributed by atoms with Crippen molar-refractivity contribution in [3.8, 4) is 5.75 Å². The molecule has 0 fully saturated rings. The molecule has 1 aliphatic heterocycles. The molecule has 0 aromatic heterocycles. The third-order valence-corrected chi connectivity index (χ3v) is 4.45. The van der Waals surface area contributed by atoms with Gasteiger partial charge in [0.25, 0.3) is 0 Å². The smallest absolute Gasteiger partial charge is 0.188 e. The summed E-state index contributed by atoms with van der Waals surface area (Å²) in [6.45, 7) is 0. The zero-order chi connectivity index (χ0) is 14.7. The van der Waals surface area contributed by atoms with Gasteiger partial charge < -0.3 is 4.74 Å². The average molecular weight is 297 g/mol. The van der Waals surface area contributed by atoms with Gasteiger partial charge in [-0.1, -0.05) is 30.3 Å². The summed E-state index contributed by atoms with van der Waals surface area (Å²) in [6.07, 6.45) is 0. The Morgan fingerprint density at radius 3 is 2.52 bits per heavy atom. The van der Waals surface area contributed by atoms with Crippen LogP contribution < -0.4 is 4.74 Å². The number of methoxy groups -OCH3 is 1. The summed E-state index contributed by atoms with van der Waals surface area (Å²) in [7, 11) is 1.61. The van der Waals surface area contributed by atoms with Gasteiger partial charge in [0.1, 0.15) is 11.8 Å². The van der Waals surface area contributed by atoms with Crippen molar-refractivity contribution in [3.05, 3.63) is 65.7 Å². The molecular weight excluding hydrogens is 282 g/mol. The summed E-state index contributed by atoms with van der Waals surface area (Å²) in [5.74, 6) is 1.52. The quantitative estimate of drug-likeness (QED) is 0.811. The highest BCUT2D eigenvalue weighted by Crippen LogP contribution is 2.25. The number of carbonyl (C=O) groups excluding carboxylic acids is 1. The van der Waals surface area contributed by atoms with Crippen molar-refractivity contribution in [2.24, 2.45) is 4.99 Å². The monoisotopic (exact) mass is 297 g/mol. The van der Waals surface area contributed by atoms with E-state index in [2.05, 4.69) is 4.99 Å². The predicted molar refractivity (Wildman–Crippen MR) is 86.5 cm³/mol. The van der Waals surface area contributed by atoms with Crippen LogP contribution in [0.15, 0.2) is 59.6 Å². The third-order valence-electron chi connectivity index (χ3n) is 3.35. The zero-order valence-corrected chi connectivity index (χ0v) is 12.5. The Morgan fingerprint density at radius 1 is 1.14 bits per heavy atom. The number of hydrogen-bond donors (Lipinski definition) is 0. The number of rotatable bonds is 4. The number of hydrogen-bond acceptors (Lipinski definition) is 4. The maximum absolute atomic E-state index is 12.5. The molecular formula is C17H15NO2S. The lowest BCUT2D eigenvalue weighted by Gasteiger charge is -2.06. The number of ether oxygens (including phenoxy) is 1. The van der Waals surface area contributed by atoms with Crippen molar-refractivity contribution in [1.29, 1.82) is 0 Å². The molecule has 3 nitrogen and oxygen atoms in total. The van der Waals surface area contributed by atoms with Gasteiger partial charge in [0, 0.05) is 16.9 Å². The highest BCUT2D eigenvalue weighted by atomic mass is 32.2. The Labute approximate surface area is 128 Å². The van der Waals surface area contributed by atoms with Gasteiger partial charge >= 0.3 is 0 Å². The second kappa shape index (κ2) is 6.14. The fourth-order valence-corrected chi connectivity index (χ4v) is 3.24. The number of aliphatic imine (C=N–C) groups is 1. The first-order valence-corrected chi connectivity index (χ1v) is 7.71. The number of nitrogens with zero attached hydrogens (tertiary/aromatic N) is 1. The molecule has 0 amide bonds. The molecule has 21 heavy (non-hydrogen) atoms. The molecule has 1 heterocycles. The van der Waals surface area contributed by atoms with Crippen LogP contribution in [0.2, 0.25) is 0 Å². The number of thioether (sulfide) groups is 1. The van der Waals surface area contributed by atoms with Gasteiger partial charge in [-0.3, -0.25) is 9.79 Å². The minimum absolute atomic E-state index is 0.0658. The Kier molecular flexibility index (Phi) is 4.06. The summed E-state index contributed by atoms with van der Waals surface area (Å²) >= 11 is 1.64. The fraction of sp³-hybridized carbons (Fsp3) is 0.176. The van der Waals surface area contributed by atoms with Crippen molar-refractivity contribution >= 4 is 22.6 Å². The molecule has 1 unspecified atom stereocenters. The molecule has 0 radical (unpaired) electrons. The van der Waals surface area contributed by atoms with Crippen molar-refractivity contribution < 1.29 is 9.53 Å². The van der Waals surface area contributed by atoms with Gasteiger partial charge in [-0.05, 0) is 24.3 Å². The molecule has 0 bridgehead atoms. The molecule has 0 aliphatic carbocycles. The Hall–Kier alpha value is -2.07. The molecule has 3 rings (SSSR count). The second-order valence-corrected chi connectivity index (χ2v) is 5.73. The van der Waals surface area contributed by atoms with Gasteiger partial charge in [-0.15, -0.1) is 11.8 Å². The highest BCUT2D eigenvalue weighted by Gasteiger charge is 2.26. The van der Waals surface area contributed by atoms with E-state index in [4.69, 9.17) is 4.74 Å². The van der Waals surface area contributed by atoms with Crippen molar-refractivity contribution in [1.82, 2.24) is 0 Å². The predicted octanol–water partition coefficient (Wildman–Crippen LogP) is 3.44. The van der Waals surface area contributed by atoms with Gasteiger partial charge in [-0.25, -0.2) is 0 Å². The molecule has 4 heteroatoms. The van der Waals surface area contributed by atoms with Crippen LogP contribution in [0.4, 0.5) is 0 Å². The lowest BCUT2D eigenvalue weighted by Crippen LogP contribution is -2.18. The molecule has 2 aromatic carbocycles. The summed E-state index contributed by atoms with van der Waals surface area (Å²) in [5.41, 5.74) is 1.76. The average Bonchev–Trinajstić information content (AvgIpc) is 3.05. The van der Waals surface area contributed by atoms with Crippen LogP contribution in [0.1, 0.15) is 15.9 Å². The standard InChI is InChI=1S/C17H15NO2S/c1-20-14-9-7-12(8-10-14)16(19)15-11-21-17(18-15)13-5-3-2-4-6-13/h2-10,15H,11H2,1H3. The first kappa shape index (κ1) is 13.9. The SMILES string of the molecule is COc1ccc(C(=O)C2CSC(c3ccccc3)=N2)cc1. The van der Waals surface area contributed by atoms with E-state index in [1.54, 1.807) is 43.1 Å². The van der Waals surface area contributed by atoms with Crippen LogP contribution in [0, 0.1) is 0 Å². The van der Waals surface area contributed by atoms with Gasteiger partial charge in [0.05, 0.1) is 12.2 Å². The second-order valence-electron chi connectivity index (χ2n) is 4.72. The number of carbonyl (C=O) groups is 1. The first-order valence-electron chi connectivity index (χ1n) is 6.72. The molecule has 0 saturated heterocycles. The summed E-state index contributed by atoms with van der Waals surface area (Å²) in [4.78, 5) is 17.0. The number of benzene rings is 2. The molecule has 106 valence electrons. The minimum Gasteiger partial charge on any atom is -0.497 e. The van der Waals surface area contributed by atoms with E-state index in [1.165, 1.54) is 0 Å². The maximum atomic E-state index is 12.5. The number of ketones is 1. The van der Waals surface area contributed by atoms with E-state index in [-0.39, 0.29) is 11.8 Å². The minimum atomic E-state index is -0.293. The topological polar surface area (TPSA) is 38.7 Å². The summed E-state index contributed by atoms with van der Waals surface area (Å²) < 4.78 is 5.11. The van der Waals surface area contributed by atoms with E-state index < -0.39 is 0 Å². The Balaban J connectivity index is 1.78. The molecule has 0 saturated carbocycles. The maximum Gasteiger partial charge on any atom is 0.188 e. The van der Waals surface area contributed by atoms with E-state index in [1.807, 2.05) is 30.3 Å². The molecule has 1 aliphatic rings. The van der Waals surface area contributed by atoms with E-state index in [9.17, 15) is 4.79 Å². The molecule has 0 spiro atoms. The van der Waals surface area contributed by atoms with Gasteiger partial charge in [0.2, 0.25) is 0 Å². The van der Waals surface area contributed by atoms with Gasteiger partial charge in [0.15, 0.2) is 5.78 Å². The lowest BCUT2D eigenvalue weighted by molar-refractivity contribution is 0.0971. The van der Waals surface area contributed by atoms with Gasteiger partial charge in [-0.2, -0.15) is 0 Å². The lowest BCUT2D eigenvalue weighted by atomic mass is 10.1.